The van der Waals surface area contributed by atoms with E-state index in [1.165, 1.54) is 66.6 Å². The maximum absolute atomic E-state index is 2.55. The van der Waals surface area contributed by atoms with Crippen molar-refractivity contribution in [2.24, 2.45) is 0 Å². The van der Waals surface area contributed by atoms with E-state index in [9.17, 15) is 0 Å². The highest BCUT2D eigenvalue weighted by Gasteiger charge is 2.45. The second-order valence-corrected chi connectivity index (χ2v) is 16.9. The Balaban J connectivity index is 1.06. The molecular formula is C59H45N3. The number of aromatic nitrogens is 1. The van der Waals surface area contributed by atoms with E-state index in [4.69, 9.17) is 0 Å². The van der Waals surface area contributed by atoms with Crippen LogP contribution in [-0.4, -0.2) is 4.57 Å². The molecule has 2 aliphatic rings. The van der Waals surface area contributed by atoms with Crippen LogP contribution in [0.25, 0.3) is 38.6 Å². The van der Waals surface area contributed by atoms with E-state index in [-0.39, 0.29) is 5.41 Å². The summed E-state index contributed by atoms with van der Waals surface area (Å²) in [6.07, 6.45) is 4.38. The normalized spacial score (nSPS) is 15.2. The van der Waals surface area contributed by atoms with Gasteiger partial charge in [0, 0.05) is 55.9 Å². The molecule has 1 heterocycles. The summed E-state index contributed by atoms with van der Waals surface area (Å²) in [5.74, 6) is 0. The third-order valence-electron chi connectivity index (χ3n) is 13.5. The van der Waals surface area contributed by atoms with E-state index < -0.39 is 0 Å². The van der Waals surface area contributed by atoms with Gasteiger partial charge in [0.05, 0.1) is 16.7 Å². The molecule has 0 amide bonds. The molecule has 9 aromatic carbocycles. The Kier molecular flexibility index (Phi) is 8.67. The molecule has 10 aromatic rings. The quantitative estimate of drug-likeness (QED) is 0.152. The van der Waals surface area contributed by atoms with Crippen molar-refractivity contribution in [2.45, 2.75) is 31.1 Å². The number of aryl methyl sites for hydroxylation is 2. The van der Waals surface area contributed by atoms with Crippen LogP contribution in [0.2, 0.25) is 0 Å². The fourth-order valence-electron chi connectivity index (χ4n) is 10.7. The minimum absolute atomic E-state index is 0.0654. The monoisotopic (exact) mass is 795 g/mol. The number of anilines is 6. The largest absolute Gasteiger partial charge is 0.310 e. The van der Waals surface area contributed by atoms with Crippen LogP contribution < -0.4 is 9.80 Å². The van der Waals surface area contributed by atoms with Gasteiger partial charge in [-0.25, -0.2) is 0 Å². The Morgan fingerprint density at radius 3 is 1.44 bits per heavy atom. The third-order valence-corrected chi connectivity index (χ3v) is 13.5. The molecule has 1 atom stereocenters. The van der Waals surface area contributed by atoms with Crippen LogP contribution in [0.5, 0.6) is 0 Å². The van der Waals surface area contributed by atoms with E-state index in [0.29, 0.717) is 0 Å². The summed E-state index contributed by atoms with van der Waals surface area (Å²) in [5, 5.41) is 2.49. The lowest BCUT2D eigenvalue weighted by Crippen LogP contribution is -2.22. The van der Waals surface area contributed by atoms with E-state index in [1.54, 1.807) is 0 Å². The molecule has 296 valence electrons. The molecule has 0 saturated heterocycles. The van der Waals surface area contributed by atoms with Gasteiger partial charge in [0.15, 0.2) is 0 Å². The van der Waals surface area contributed by atoms with Crippen LogP contribution >= 0.6 is 0 Å². The molecule has 1 spiro atoms. The zero-order valence-corrected chi connectivity index (χ0v) is 34.5. The summed E-state index contributed by atoms with van der Waals surface area (Å²) < 4.78 is 2.44. The van der Waals surface area contributed by atoms with Crippen LogP contribution in [0.3, 0.4) is 0 Å². The number of fused-ring (bicyclic) bond motifs is 7. The summed E-state index contributed by atoms with van der Waals surface area (Å²) in [6, 6.07) is 82.6. The highest BCUT2D eigenvalue weighted by atomic mass is 15.2. The zero-order valence-electron chi connectivity index (χ0n) is 34.5. The highest BCUT2D eigenvalue weighted by Crippen LogP contribution is 2.55. The minimum atomic E-state index is -0.0654. The highest BCUT2D eigenvalue weighted by molar-refractivity contribution is 6.13. The fourth-order valence-corrected chi connectivity index (χ4v) is 10.7. The van der Waals surface area contributed by atoms with Gasteiger partial charge in [-0.05, 0) is 144 Å². The van der Waals surface area contributed by atoms with Gasteiger partial charge in [0.1, 0.15) is 0 Å². The van der Waals surface area contributed by atoms with Gasteiger partial charge in [-0.15, -0.1) is 0 Å². The standard InChI is InChI=1S/C59H45N3/c1-6-18-42(19-7-1)52-40-53-51-28-16-17-29-56(51)62(48-26-14-5-15-27-48)58(53)41-57(52)61(47-24-12-4-13-25-47)50-33-31-44-35-37-59(55(44)39-50)36-34-43-30-32-49(38-54(43)59)60(45-20-8-2-9-21-45)46-22-10-3-11-23-46/h1-33,38-41H,34-37H2/t59-/m1/s1. The average molecular weight is 796 g/mol. The Bertz CT molecular complexity index is 3190. The molecule has 3 nitrogen and oxygen atoms in total. The van der Waals surface area contributed by atoms with Crippen LogP contribution in [0.15, 0.2) is 224 Å². The van der Waals surface area contributed by atoms with E-state index in [0.717, 1.165) is 54.1 Å². The second-order valence-electron chi connectivity index (χ2n) is 16.9. The molecule has 0 unspecified atom stereocenters. The van der Waals surface area contributed by atoms with Crippen molar-refractivity contribution in [1.29, 1.82) is 0 Å². The summed E-state index contributed by atoms with van der Waals surface area (Å²) in [4.78, 5) is 4.92. The number of benzene rings is 9. The van der Waals surface area contributed by atoms with Crippen molar-refractivity contribution in [3.05, 3.63) is 247 Å². The van der Waals surface area contributed by atoms with Gasteiger partial charge in [0.25, 0.3) is 0 Å². The van der Waals surface area contributed by atoms with Gasteiger partial charge in [-0.1, -0.05) is 133 Å². The lowest BCUT2D eigenvalue weighted by Gasteiger charge is -2.32. The van der Waals surface area contributed by atoms with Crippen molar-refractivity contribution < 1.29 is 0 Å². The lowest BCUT2D eigenvalue weighted by molar-refractivity contribution is 0.507. The lowest BCUT2D eigenvalue weighted by atomic mass is 9.76. The number of para-hydroxylation sites is 5. The van der Waals surface area contributed by atoms with Crippen LogP contribution in [0, 0.1) is 0 Å². The van der Waals surface area contributed by atoms with Gasteiger partial charge >= 0.3 is 0 Å². The van der Waals surface area contributed by atoms with Crippen molar-refractivity contribution >= 4 is 55.9 Å². The minimum Gasteiger partial charge on any atom is -0.310 e. The summed E-state index contributed by atoms with van der Waals surface area (Å²) in [7, 11) is 0. The summed E-state index contributed by atoms with van der Waals surface area (Å²) in [5.41, 5.74) is 18.7. The second kappa shape index (κ2) is 14.8. The molecule has 1 aromatic heterocycles. The molecule has 3 heteroatoms. The molecule has 0 bridgehead atoms. The summed E-state index contributed by atoms with van der Waals surface area (Å²) >= 11 is 0. The zero-order chi connectivity index (χ0) is 41.0. The Labute approximate surface area is 363 Å². The Morgan fingerprint density at radius 2 is 0.855 bits per heavy atom. The van der Waals surface area contributed by atoms with Crippen LogP contribution in [0.4, 0.5) is 34.1 Å². The van der Waals surface area contributed by atoms with Gasteiger partial charge in [0.2, 0.25) is 0 Å². The fraction of sp³-hybridized carbons (Fsp3) is 0.0847. The molecular weight excluding hydrogens is 751 g/mol. The van der Waals surface area contributed by atoms with Gasteiger partial charge in [-0.2, -0.15) is 0 Å². The smallest absolute Gasteiger partial charge is 0.0562 e. The third kappa shape index (κ3) is 5.88. The first kappa shape index (κ1) is 36.2. The van der Waals surface area contributed by atoms with Crippen molar-refractivity contribution in [1.82, 2.24) is 4.57 Å². The van der Waals surface area contributed by atoms with Crippen molar-refractivity contribution in [2.75, 3.05) is 9.80 Å². The van der Waals surface area contributed by atoms with Gasteiger partial charge < -0.3 is 14.4 Å². The first-order valence-corrected chi connectivity index (χ1v) is 21.9. The number of rotatable bonds is 8. The molecule has 0 fully saturated rings. The molecule has 0 aliphatic heterocycles. The number of nitrogens with zero attached hydrogens (tertiary/aromatic N) is 3. The molecule has 0 saturated carbocycles. The average Bonchev–Trinajstić information content (AvgIpc) is 4.01. The first-order chi connectivity index (χ1) is 30.7. The van der Waals surface area contributed by atoms with Crippen LogP contribution in [0.1, 0.15) is 35.1 Å². The van der Waals surface area contributed by atoms with E-state index in [1.807, 2.05) is 0 Å². The molecule has 12 rings (SSSR count). The molecule has 2 aliphatic carbocycles. The maximum atomic E-state index is 2.55. The first-order valence-electron chi connectivity index (χ1n) is 21.9. The SMILES string of the molecule is c1ccc(-c2cc3c4ccccc4n(-c4ccccc4)c3cc2N(c2ccccc2)c2ccc3c(c2)[C@]2(CCc4ccc(N(c5ccccc5)c5ccccc5)cc42)CC3)cc1. The van der Waals surface area contributed by atoms with Crippen molar-refractivity contribution in [3.8, 4) is 16.8 Å². The van der Waals surface area contributed by atoms with E-state index >= 15 is 0 Å². The number of hydrogen-bond acceptors (Lipinski definition) is 2. The van der Waals surface area contributed by atoms with Crippen molar-refractivity contribution in [3.63, 3.8) is 0 Å². The maximum Gasteiger partial charge on any atom is 0.0562 e. The predicted octanol–water partition coefficient (Wildman–Crippen LogP) is 15.6. The molecule has 0 N–H and O–H groups in total. The van der Waals surface area contributed by atoms with Crippen LogP contribution in [-0.2, 0) is 18.3 Å². The van der Waals surface area contributed by atoms with Gasteiger partial charge in [-0.3, -0.25) is 0 Å². The summed E-state index contributed by atoms with van der Waals surface area (Å²) in [6.45, 7) is 0. The predicted molar refractivity (Wildman–Crippen MR) is 259 cm³/mol. The molecule has 62 heavy (non-hydrogen) atoms. The van der Waals surface area contributed by atoms with E-state index in [2.05, 4.69) is 239 Å². The Hall–Kier alpha value is -7.62. The topological polar surface area (TPSA) is 11.4 Å². The molecule has 0 radical (unpaired) electrons. The number of hydrogen-bond donors (Lipinski definition) is 0. The Morgan fingerprint density at radius 1 is 0.371 bits per heavy atom.